The molecular weight excluding hydrogens is 241 g/mol. The number of nitrogens with one attached hydrogen (secondary N) is 1. The van der Waals surface area contributed by atoms with Crippen LogP contribution in [0.2, 0.25) is 5.02 Å². The minimum atomic E-state index is -0.252. The molecule has 0 aliphatic rings. The average Bonchev–Trinajstić information content (AvgIpc) is 2.32. The highest BCUT2D eigenvalue weighted by molar-refractivity contribution is 6.31. The zero-order valence-corrected chi connectivity index (χ0v) is 10.9. The molecule has 1 N–H and O–H groups in total. The van der Waals surface area contributed by atoms with Crippen LogP contribution in [0.25, 0.3) is 0 Å². The number of halogens is 2. The topological polar surface area (TPSA) is 21.3 Å². The first-order valence-electron chi connectivity index (χ1n) is 5.96. The summed E-state index contributed by atoms with van der Waals surface area (Å²) in [5.41, 5.74) is 0.793. The van der Waals surface area contributed by atoms with Crippen LogP contribution >= 0.6 is 11.6 Å². The highest BCUT2D eigenvalue weighted by atomic mass is 35.5. The van der Waals surface area contributed by atoms with Crippen LogP contribution < -0.4 is 5.32 Å². The predicted molar refractivity (Wildman–Crippen MR) is 68.8 cm³/mol. The highest BCUT2D eigenvalue weighted by Gasteiger charge is 2.01. The van der Waals surface area contributed by atoms with Crippen LogP contribution in [0.1, 0.15) is 25.3 Å². The molecule has 96 valence electrons. The predicted octanol–water partition coefficient (Wildman–Crippen LogP) is 3.39. The lowest BCUT2D eigenvalue weighted by Gasteiger charge is -2.07. The molecule has 0 spiro atoms. The van der Waals surface area contributed by atoms with Gasteiger partial charge in [0.15, 0.2) is 0 Å². The van der Waals surface area contributed by atoms with Crippen molar-refractivity contribution in [2.45, 2.75) is 26.3 Å². The third kappa shape index (κ3) is 6.01. The molecule has 0 aliphatic carbocycles. The van der Waals surface area contributed by atoms with Gasteiger partial charge in [-0.2, -0.15) is 0 Å². The van der Waals surface area contributed by atoms with Gasteiger partial charge in [-0.15, -0.1) is 0 Å². The van der Waals surface area contributed by atoms with E-state index in [0.717, 1.165) is 38.2 Å². The number of hydrogen-bond donors (Lipinski definition) is 1. The second kappa shape index (κ2) is 8.45. The molecule has 0 radical (unpaired) electrons. The van der Waals surface area contributed by atoms with Crippen LogP contribution in [-0.4, -0.2) is 19.8 Å². The number of benzene rings is 1. The first-order chi connectivity index (χ1) is 8.24. The molecule has 2 nitrogen and oxygen atoms in total. The summed E-state index contributed by atoms with van der Waals surface area (Å²) in [6.45, 7) is 5.10. The second-order valence-electron chi connectivity index (χ2n) is 3.88. The molecular formula is C13H19ClFNO. The first-order valence-corrected chi connectivity index (χ1v) is 6.34. The monoisotopic (exact) mass is 259 g/mol. The van der Waals surface area contributed by atoms with Crippen LogP contribution in [0.4, 0.5) is 4.39 Å². The molecule has 0 fully saturated rings. The normalized spacial score (nSPS) is 10.8. The lowest BCUT2D eigenvalue weighted by molar-refractivity contribution is 0.132. The molecule has 0 amide bonds. The average molecular weight is 260 g/mol. The zero-order chi connectivity index (χ0) is 12.5. The molecule has 0 unspecified atom stereocenters. The van der Waals surface area contributed by atoms with Crippen molar-refractivity contribution in [3.63, 3.8) is 0 Å². The summed E-state index contributed by atoms with van der Waals surface area (Å²) in [5, 5.41) is 3.81. The fourth-order valence-electron chi connectivity index (χ4n) is 1.45. The third-order valence-corrected chi connectivity index (χ3v) is 2.68. The van der Waals surface area contributed by atoms with E-state index >= 15 is 0 Å². The van der Waals surface area contributed by atoms with Gasteiger partial charge in [-0.3, -0.25) is 0 Å². The van der Waals surface area contributed by atoms with Crippen molar-refractivity contribution in [3.05, 3.63) is 34.6 Å². The maximum atomic E-state index is 13.0. The van der Waals surface area contributed by atoms with Crippen LogP contribution in [0.3, 0.4) is 0 Å². The zero-order valence-electron chi connectivity index (χ0n) is 10.1. The molecule has 0 saturated carbocycles. The largest absolute Gasteiger partial charge is 0.381 e. The standard InChI is InChI=1S/C13H19ClFNO/c1-2-7-17-8-3-6-16-10-11-9-12(15)4-5-13(11)14/h4-5,9,16H,2-3,6-8,10H2,1H3. The van der Waals surface area contributed by atoms with Crippen molar-refractivity contribution >= 4 is 11.6 Å². The molecule has 0 heterocycles. The lowest BCUT2D eigenvalue weighted by atomic mass is 10.2. The van der Waals surface area contributed by atoms with E-state index in [2.05, 4.69) is 12.2 Å². The number of rotatable bonds is 8. The van der Waals surface area contributed by atoms with Gasteiger partial charge in [0.2, 0.25) is 0 Å². The Bertz CT molecular complexity index is 333. The maximum absolute atomic E-state index is 13.0. The van der Waals surface area contributed by atoms with E-state index < -0.39 is 0 Å². The summed E-state index contributed by atoms with van der Waals surface area (Å²) >= 11 is 5.95. The molecule has 0 saturated heterocycles. The first kappa shape index (κ1) is 14.4. The van der Waals surface area contributed by atoms with Crippen molar-refractivity contribution in [1.82, 2.24) is 5.32 Å². The summed E-state index contributed by atoms with van der Waals surface area (Å²) in [4.78, 5) is 0. The third-order valence-electron chi connectivity index (χ3n) is 2.31. The van der Waals surface area contributed by atoms with E-state index in [1.54, 1.807) is 6.07 Å². The Morgan fingerprint density at radius 1 is 1.35 bits per heavy atom. The molecule has 0 aromatic heterocycles. The Morgan fingerprint density at radius 2 is 2.18 bits per heavy atom. The van der Waals surface area contributed by atoms with Gasteiger partial charge in [0.25, 0.3) is 0 Å². The van der Waals surface area contributed by atoms with Crippen molar-refractivity contribution < 1.29 is 9.13 Å². The number of ether oxygens (including phenoxy) is 1. The van der Waals surface area contributed by atoms with Crippen LogP contribution in [0, 0.1) is 5.82 Å². The van der Waals surface area contributed by atoms with E-state index in [1.807, 2.05) is 0 Å². The van der Waals surface area contributed by atoms with Gasteiger partial charge in [0.1, 0.15) is 5.82 Å². The van der Waals surface area contributed by atoms with Crippen molar-refractivity contribution in [1.29, 1.82) is 0 Å². The molecule has 0 aliphatic heterocycles. The van der Waals surface area contributed by atoms with E-state index in [9.17, 15) is 4.39 Å². The summed E-state index contributed by atoms with van der Waals surface area (Å²) in [7, 11) is 0. The van der Waals surface area contributed by atoms with Crippen LogP contribution in [0.5, 0.6) is 0 Å². The van der Waals surface area contributed by atoms with Gasteiger partial charge < -0.3 is 10.1 Å². The smallest absolute Gasteiger partial charge is 0.123 e. The van der Waals surface area contributed by atoms with E-state index in [1.165, 1.54) is 12.1 Å². The maximum Gasteiger partial charge on any atom is 0.123 e. The fraction of sp³-hybridized carbons (Fsp3) is 0.538. The highest BCUT2D eigenvalue weighted by Crippen LogP contribution is 2.16. The van der Waals surface area contributed by atoms with Gasteiger partial charge in [0, 0.05) is 24.8 Å². The molecule has 1 aromatic carbocycles. The van der Waals surface area contributed by atoms with Gasteiger partial charge in [-0.1, -0.05) is 18.5 Å². The minimum absolute atomic E-state index is 0.252. The van der Waals surface area contributed by atoms with E-state index in [4.69, 9.17) is 16.3 Å². The Kier molecular flexibility index (Phi) is 7.17. The Balaban J connectivity index is 2.15. The Labute approximate surface area is 107 Å². The Morgan fingerprint density at radius 3 is 2.94 bits per heavy atom. The SMILES string of the molecule is CCCOCCCNCc1cc(F)ccc1Cl. The van der Waals surface area contributed by atoms with Gasteiger partial charge in [-0.05, 0) is 43.1 Å². The number of hydrogen-bond acceptors (Lipinski definition) is 2. The molecule has 1 rings (SSSR count). The summed E-state index contributed by atoms with van der Waals surface area (Å²) in [6, 6.07) is 4.41. The van der Waals surface area contributed by atoms with Crippen LogP contribution in [-0.2, 0) is 11.3 Å². The summed E-state index contributed by atoms with van der Waals surface area (Å²) in [5.74, 6) is -0.252. The quantitative estimate of drug-likeness (QED) is 0.723. The van der Waals surface area contributed by atoms with Crippen molar-refractivity contribution in [3.8, 4) is 0 Å². The van der Waals surface area contributed by atoms with Gasteiger partial charge in [-0.25, -0.2) is 4.39 Å². The summed E-state index contributed by atoms with van der Waals surface area (Å²) < 4.78 is 18.3. The van der Waals surface area contributed by atoms with Crippen LogP contribution in [0.15, 0.2) is 18.2 Å². The van der Waals surface area contributed by atoms with Gasteiger partial charge >= 0.3 is 0 Å². The molecule has 0 bridgehead atoms. The lowest BCUT2D eigenvalue weighted by Crippen LogP contribution is -2.16. The molecule has 4 heteroatoms. The second-order valence-corrected chi connectivity index (χ2v) is 4.29. The van der Waals surface area contributed by atoms with Crippen molar-refractivity contribution in [2.75, 3.05) is 19.8 Å². The van der Waals surface area contributed by atoms with Crippen molar-refractivity contribution in [2.24, 2.45) is 0 Å². The fourth-order valence-corrected chi connectivity index (χ4v) is 1.63. The van der Waals surface area contributed by atoms with E-state index in [-0.39, 0.29) is 5.82 Å². The minimum Gasteiger partial charge on any atom is -0.381 e. The molecule has 17 heavy (non-hydrogen) atoms. The summed E-state index contributed by atoms with van der Waals surface area (Å²) in [6.07, 6.45) is 2.00. The van der Waals surface area contributed by atoms with E-state index in [0.29, 0.717) is 11.6 Å². The Hall–Kier alpha value is -0.640. The molecule has 0 atom stereocenters. The van der Waals surface area contributed by atoms with Gasteiger partial charge in [0.05, 0.1) is 0 Å². The molecule has 1 aromatic rings.